The highest BCUT2D eigenvalue weighted by atomic mass is 16.6. The van der Waals surface area contributed by atoms with Gasteiger partial charge in [-0.2, -0.15) is 0 Å². The number of benzene rings is 1. The van der Waals surface area contributed by atoms with Gasteiger partial charge in [0.1, 0.15) is 11.4 Å². The maximum absolute atomic E-state index is 12.5. The highest BCUT2D eigenvalue weighted by molar-refractivity contribution is 5.83. The molecule has 1 unspecified atom stereocenters. The molecule has 0 fully saturated rings. The van der Waals surface area contributed by atoms with Gasteiger partial charge < -0.3 is 20.0 Å². The van der Waals surface area contributed by atoms with Gasteiger partial charge in [-0.05, 0) is 32.4 Å². The fourth-order valence-electron chi connectivity index (χ4n) is 3.08. The van der Waals surface area contributed by atoms with Crippen molar-refractivity contribution in [1.29, 1.82) is 0 Å². The molecule has 3 N–H and O–H groups in total. The van der Waals surface area contributed by atoms with Crippen LogP contribution in [-0.2, 0) is 16.6 Å². The smallest absolute Gasteiger partial charge is 0.408 e. The molecule has 0 bridgehead atoms. The quantitative estimate of drug-likeness (QED) is 0.594. The number of H-pyrrole nitrogens is 2. The molecule has 0 saturated carbocycles. The third-order valence-corrected chi connectivity index (χ3v) is 4.52. The first-order chi connectivity index (χ1) is 13.0. The van der Waals surface area contributed by atoms with Gasteiger partial charge >= 0.3 is 6.09 Å². The van der Waals surface area contributed by atoms with Gasteiger partial charge in [0.15, 0.2) is 0 Å². The van der Waals surface area contributed by atoms with Crippen LogP contribution in [0.2, 0.25) is 0 Å². The molecule has 1 aromatic carbocycles. The van der Waals surface area contributed by atoms with E-state index in [0.717, 1.165) is 28.0 Å². The van der Waals surface area contributed by atoms with Gasteiger partial charge in [-0.15, -0.1) is 0 Å². The van der Waals surface area contributed by atoms with Crippen LogP contribution in [0.1, 0.15) is 64.7 Å². The Labute approximate surface area is 166 Å². The number of ether oxygens (including phenoxy) is 1. The summed E-state index contributed by atoms with van der Waals surface area (Å²) in [5, 5.41) is 4.13. The Bertz CT molecular complexity index is 957. The average molecular weight is 383 g/mol. The molecule has 2 aromatic heterocycles. The first kappa shape index (κ1) is 20.0. The van der Waals surface area contributed by atoms with Crippen LogP contribution in [0.25, 0.3) is 10.9 Å². The Balaban J connectivity index is 1.90. The van der Waals surface area contributed by atoms with E-state index in [-0.39, 0.29) is 11.5 Å². The monoisotopic (exact) mass is 382 g/mol. The molecule has 1 amide bonds. The summed E-state index contributed by atoms with van der Waals surface area (Å²) in [4.78, 5) is 23.7. The van der Waals surface area contributed by atoms with Crippen molar-refractivity contribution >= 4 is 17.0 Å². The van der Waals surface area contributed by atoms with E-state index in [1.54, 1.807) is 0 Å². The third-order valence-electron chi connectivity index (χ3n) is 4.52. The molecule has 0 saturated heterocycles. The van der Waals surface area contributed by atoms with Crippen molar-refractivity contribution in [3.8, 4) is 0 Å². The zero-order valence-corrected chi connectivity index (χ0v) is 17.5. The van der Waals surface area contributed by atoms with E-state index < -0.39 is 11.7 Å². The predicted octanol–water partition coefficient (Wildman–Crippen LogP) is 5.00. The number of carbonyl (C=O) groups excluding carboxylic acids is 1. The fourth-order valence-corrected chi connectivity index (χ4v) is 3.08. The van der Waals surface area contributed by atoms with Crippen LogP contribution in [0.5, 0.6) is 0 Å². The standard InChI is InChI=1S/C22H30N4O2/c1-21(2,3)18-13-24-19(26-18)17(25-20(27)28-22(4,5)6)11-14-12-23-16-10-8-7-9-15(14)16/h7-10,12-13,17,23H,11H2,1-6H3,(H,24,26)(H,25,27). The van der Waals surface area contributed by atoms with E-state index in [9.17, 15) is 4.79 Å². The Morgan fingerprint density at radius 2 is 1.89 bits per heavy atom. The molecular weight excluding hydrogens is 352 g/mol. The van der Waals surface area contributed by atoms with Crippen LogP contribution in [0.3, 0.4) is 0 Å². The second-order valence-electron chi connectivity index (χ2n) is 9.19. The van der Waals surface area contributed by atoms with Gasteiger partial charge in [0, 0.05) is 40.8 Å². The summed E-state index contributed by atoms with van der Waals surface area (Å²) in [6.45, 7) is 11.9. The van der Waals surface area contributed by atoms with E-state index in [0.29, 0.717) is 6.42 Å². The molecule has 6 heteroatoms. The van der Waals surface area contributed by atoms with Gasteiger partial charge in [-0.3, -0.25) is 0 Å². The van der Waals surface area contributed by atoms with Crippen LogP contribution in [-0.4, -0.2) is 26.6 Å². The van der Waals surface area contributed by atoms with Gasteiger partial charge in [0.05, 0.1) is 6.04 Å². The molecule has 2 heterocycles. The van der Waals surface area contributed by atoms with Crippen LogP contribution in [0.15, 0.2) is 36.7 Å². The number of para-hydroxylation sites is 1. The summed E-state index contributed by atoms with van der Waals surface area (Å²) in [6, 6.07) is 7.81. The Morgan fingerprint density at radius 1 is 1.18 bits per heavy atom. The molecule has 3 rings (SSSR count). The molecule has 28 heavy (non-hydrogen) atoms. The highest BCUT2D eigenvalue weighted by Gasteiger charge is 2.25. The summed E-state index contributed by atoms with van der Waals surface area (Å²) in [7, 11) is 0. The molecule has 3 aromatic rings. The molecule has 6 nitrogen and oxygen atoms in total. The number of rotatable bonds is 4. The number of fused-ring (bicyclic) bond motifs is 1. The van der Waals surface area contributed by atoms with Gasteiger partial charge in [-0.25, -0.2) is 9.78 Å². The van der Waals surface area contributed by atoms with Crippen molar-refractivity contribution < 1.29 is 9.53 Å². The number of hydrogen-bond donors (Lipinski definition) is 3. The van der Waals surface area contributed by atoms with E-state index >= 15 is 0 Å². The van der Waals surface area contributed by atoms with Crippen LogP contribution in [0.4, 0.5) is 4.79 Å². The lowest BCUT2D eigenvalue weighted by atomic mass is 9.93. The number of nitrogens with one attached hydrogen (secondary N) is 3. The third kappa shape index (κ3) is 4.74. The molecule has 150 valence electrons. The second-order valence-corrected chi connectivity index (χ2v) is 9.19. The van der Waals surface area contributed by atoms with E-state index in [2.05, 4.69) is 47.1 Å². The van der Waals surface area contributed by atoms with Gasteiger partial charge in [0.25, 0.3) is 0 Å². The van der Waals surface area contributed by atoms with Gasteiger partial charge in [0.2, 0.25) is 0 Å². The highest BCUT2D eigenvalue weighted by Crippen LogP contribution is 2.26. The number of imidazole rings is 1. The summed E-state index contributed by atoms with van der Waals surface area (Å²) < 4.78 is 5.47. The van der Waals surface area contributed by atoms with E-state index in [1.807, 2.05) is 51.4 Å². The molecule has 0 spiro atoms. The van der Waals surface area contributed by atoms with Crippen LogP contribution < -0.4 is 5.32 Å². The largest absolute Gasteiger partial charge is 0.444 e. The number of aromatic amines is 2. The van der Waals surface area contributed by atoms with Gasteiger partial charge in [-0.1, -0.05) is 39.0 Å². The summed E-state index contributed by atoms with van der Waals surface area (Å²) >= 11 is 0. The summed E-state index contributed by atoms with van der Waals surface area (Å²) in [5.74, 6) is 0.723. The SMILES string of the molecule is CC(C)(C)OC(=O)NC(Cc1c[nH]c2ccccc12)c1ncc(C(C)(C)C)[nH]1. The first-order valence-corrected chi connectivity index (χ1v) is 9.63. The average Bonchev–Trinajstić information content (AvgIpc) is 3.19. The van der Waals surface area contributed by atoms with Crippen molar-refractivity contribution in [2.45, 2.75) is 65.0 Å². The second kappa shape index (κ2) is 7.34. The van der Waals surface area contributed by atoms with Crippen molar-refractivity contribution in [2.24, 2.45) is 0 Å². The molecule has 1 atom stereocenters. The van der Waals surface area contributed by atoms with Crippen molar-refractivity contribution in [2.75, 3.05) is 0 Å². The minimum absolute atomic E-state index is 0.0531. The topological polar surface area (TPSA) is 82.8 Å². The normalized spacial score (nSPS) is 13.5. The molecule has 0 aliphatic rings. The number of nitrogens with zero attached hydrogens (tertiary/aromatic N) is 1. The number of amides is 1. The minimum atomic E-state index is -0.560. The number of hydrogen-bond acceptors (Lipinski definition) is 3. The van der Waals surface area contributed by atoms with Crippen molar-refractivity contribution in [1.82, 2.24) is 20.3 Å². The summed E-state index contributed by atoms with van der Waals surface area (Å²) in [6.07, 6.45) is 3.97. The van der Waals surface area contributed by atoms with Crippen molar-refractivity contribution in [3.63, 3.8) is 0 Å². The number of carbonyl (C=O) groups is 1. The summed E-state index contributed by atoms with van der Waals surface area (Å²) in [5.41, 5.74) is 2.60. The molecule has 0 radical (unpaired) electrons. The van der Waals surface area contributed by atoms with Crippen LogP contribution in [0, 0.1) is 0 Å². The Hall–Kier alpha value is -2.76. The lowest BCUT2D eigenvalue weighted by Gasteiger charge is -2.23. The minimum Gasteiger partial charge on any atom is -0.444 e. The zero-order valence-electron chi connectivity index (χ0n) is 17.5. The van der Waals surface area contributed by atoms with Crippen LogP contribution >= 0.6 is 0 Å². The fraction of sp³-hybridized carbons (Fsp3) is 0.455. The lowest BCUT2D eigenvalue weighted by Crippen LogP contribution is -2.36. The zero-order chi connectivity index (χ0) is 20.5. The lowest BCUT2D eigenvalue weighted by molar-refractivity contribution is 0.0501. The number of aromatic nitrogens is 3. The molecule has 0 aliphatic heterocycles. The Morgan fingerprint density at radius 3 is 2.54 bits per heavy atom. The molecular formula is C22H30N4O2. The van der Waals surface area contributed by atoms with E-state index in [4.69, 9.17) is 4.74 Å². The number of alkyl carbamates (subject to hydrolysis) is 1. The first-order valence-electron chi connectivity index (χ1n) is 9.63. The maximum Gasteiger partial charge on any atom is 0.408 e. The van der Waals surface area contributed by atoms with Crippen molar-refractivity contribution in [3.05, 3.63) is 53.7 Å². The Kier molecular flexibility index (Phi) is 5.24. The van der Waals surface area contributed by atoms with E-state index in [1.165, 1.54) is 0 Å². The maximum atomic E-state index is 12.5. The predicted molar refractivity (Wildman–Crippen MR) is 111 cm³/mol. The molecule has 0 aliphatic carbocycles.